The van der Waals surface area contributed by atoms with E-state index in [9.17, 15) is 19.8 Å². The van der Waals surface area contributed by atoms with Gasteiger partial charge in [-0.2, -0.15) is 0 Å². The number of nitrogens with one attached hydrogen (secondary N) is 2. The summed E-state index contributed by atoms with van der Waals surface area (Å²) in [6.45, 7) is 8.76. The highest BCUT2D eigenvalue weighted by Gasteiger charge is 2.41. The van der Waals surface area contributed by atoms with Gasteiger partial charge in [-0.25, -0.2) is 0 Å². The van der Waals surface area contributed by atoms with Gasteiger partial charge in [-0.1, -0.05) is 43.5 Å². The third-order valence-electron chi connectivity index (χ3n) is 8.23. The summed E-state index contributed by atoms with van der Waals surface area (Å²) in [5, 5.41) is 28.0. The highest BCUT2D eigenvalue weighted by molar-refractivity contribution is 7.99. The van der Waals surface area contributed by atoms with Crippen molar-refractivity contribution in [2.75, 3.05) is 18.8 Å². The van der Waals surface area contributed by atoms with Gasteiger partial charge in [-0.3, -0.25) is 14.5 Å². The van der Waals surface area contributed by atoms with Gasteiger partial charge in [0, 0.05) is 40.4 Å². The third kappa shape index (κ3) is 8.02. The second-order valence-corrected chi connectivity index (χ2v) is 13.6. The van der Waals surface area contributed by atoms with E-state index in [1.165, 1.54) is 12.8 Å². The standard InChI is InChI=1S/C32H45N3O4S/c1-21-25(15-10-16-28(21)36)30(38)33-26(20-40-24-13-6-5-7-14-24)29(37)19-35-18-23-12-9-8-11-22(23)17-27(35)31(39)34-32(2,3)4/h5-7,10,13-16,22-23,26-27,29,36-37H,8-9,11-12,17-20H2,1-4H3,(H,33,38)(H,34,39)/t22-,23+,26?,27?,29+/m0/s1. The topological polar surface area (TPSA) is 102 Å². The molecule has 0 bridgehead atoms. The summed E-state index contributed by atoms with van der Waals surface area (Å²) in [6, 6.07) is 13.9. The van der Waals surface area contributed by atoms with Gasteiger partial charge in [0.05, 0.1) is 18.2 Å². The molecule has 218 valence electrons. The highest BCUT2D eigenvalue weighted by Crippen LogP contribution is 2.39. The number of benzene rings is 2. The van der Waals surface area contributed by atoms with Crippen molar-refractivity contribution in [3.63, 3.8) is 0 Å². The number of aromatic hydroxyl groups is 1. The minimum atomic E-state index is -0.886. The zero-order valence-corrected chi connectivity index (χ0v) is 25.0. The number of nitrogens with zero attached hydrogens (tertiary/aromatic N) is 1. The molecule has 2 fully saturated rings. The van der Waals surface area contributed by atoms with Crippen molar-refractivity contribution >= 4 is 23.6 Å². The Bertz CT molecular complexity index is 1150. The molecule has 2 aromatic rings. The average molecular weight is 568 g/mol. The van der Waals surface area contributed by atoms with E-state index in [1.807, 2.05) is 51.1 Å². The Morgan fingerprint density at radius 2 is 1.75 bits per heavy atom. The van der Waals surface area contributed by atoms with Crippen LogP contribution in [-0.4, -0.2) is 69.5 Å². The number of amides is 2. The summed E-state index contributed by atoms with van der Waals surface area (Å²) in [7, 11) is 0. The molecule has 1 heterocycles. The Morgan fingerprint density at radius 1 is 1.05 bits per heavy atom. The van der Waals surface area contributed by atoms with Gasteiger partial charge in [0.1, 0.15) is 5.75 Å². The van der Waals surface area contributed by atoms with Crippen molar-refractivity contribution in [2.45, 2.75) is 88.4 Å². The van der Waals surface area contributed by atoms with E-state index in [2.05, 4.69) is 15.5 Å². The molecule has 1 saturated heterocycles. The van der Waals surface area contributed by atoms with E-state index in [1.54, 1.807) is 36.9 Å². The summed E-state index contributed by atoms with van der Waals surface area (Å²) in [5.41, 5.74) is 0.543. The Labute approximate surface area is 243 Å². The first-order chi connectivity index (χ1) is 19.0. The van der Waals surface area contributed by atoms with Crippen LogP contribution in [0, 0.1) is 18.8 Å². The molecule has 2 amide bonds. The zero-order chi connectivity index (χ0) is 28.9. The molecule has 40 heavy (non-hydrogen) atoms. The minimum absolute atomic E-state index is 0.0124. The number of carbonyl (C=O) groups is 2. The molecule has 1 aliphatic carbocycles. The van der Waals surface area contributed by atoms with Crippen molar-refractivity contribution in [3.05, 3.63) is 59.7 Å². The summed E-state index contributed by atoms with van der Waals surface area (Å²) in [5.74, 6) is 1.27. The van der Waals surface area contributed by atoms with Crippen LogP contribution in [0.2, 0.25) is 0 Å². The lowest BCUT2D eigenvalue weighted by atomic mass is 9.72. The number of rotatable bonds is 9. The van der Waals surface area contributed by atoms with Gasteiger partial charge >= 0.3 is 0 Å². The number of hydrogen-bond donors (Lipinski definition) is 4. The first-order valence-corrected chi connectivity index (χ1v) is 15.5. The van der Waals surface area contributed by atoms with Crippen molar-refractivity contribution in [1.29, 1.82) is 0 Å². The fourth-order valence-electron chi connectivity index (χ4n) is 6.06. The first-order valence-electron chi connectivity index (χ1n) is 14.5. The monoisotopic (exact) mass is 567 g/mol. The lowest BCUT2D eigenvalue weighted by Gasteiger charge is -2.47. The van der Waals surface area contributed by atoms with Gasteiger partial charge < -0.3 is 20.8 Å². The van der Waals surface area contributed by atoms with Gasteiger partial charge in [0.25, 0.3) is 5.91 Å². The van der Waals surface area contributed by atoms with Gasteiger partial charge in [0.2, 0.25) is 5.91 Å². The molecule has 2 aromatic carbocycles. The second kappa shape index (κ2) is 13.4. The van der Waals surface area contributed by atoms with Crippen LogP contribution in [-0.2, 0) is 4.79 Å². The number of aliphatic hydroxyl groups is 1. The quantitative estimate of drug-likeness (QED) is 0.327. The van der Waals surface area contributed by atoms with E-state index >= 15 is 0 Å². The van der Waals surface area contributed by atoms with Crippen LogP contribution in [0.3, 0.4) is 0 Å². The van der Waals surface area contributed by atoms with Crippen LogP contribution >= 0.6 is 11.8 Å². The number of hydrogen-bond acceptors (Lipinski definition) is 6. The van der Waals surface area contributed by atoms with Gasteiger partial charge in [-0.05, 0) is 76.6 Å². The zero-order valence-electron chi connectivity index (χ0n) is 24.2. The number of fused-ring (bicyclic) bond motifs is 1. The predicted molar refractivity (Wildman–Crippen MR) is 161 cm³/mol. The molecular weight excluding hydrogens is 522 g/mol. The van der Waals surface area contributed by atoms with E-state index in [-0.39, 0.29) is 29.1 Å². The summed E-state index contributed by atoms with van der Waals surface area (Å²) in [6.07, 6.45) is 4.67. The number of aliphatic hydroxyl groups excluding tert-OH is 1. The lowest BCUT2D eigenvalue weighted by Crippen LogP contribution is -2.60. The van der Waals surface area contributed by atoms with Gasteiger partial charge in [-0.15, -0.1) is 11.8 Å². The van der Waals surface area contributed by atoms with Crippen molar-refractivity contribution < 1.29 is 19.8 Å². The van der Waals surface area contributed by atoms with Gasteiger partial charge in [0.15, 0.2) is 0 Å². The van der Waals surface area contributed by atoms with Crippen LogP contribution in [0.4, 0.5) is 0 Å². The first kappa shape index (κ1) is 30.4. The molecule has 5 atom stereocenters. The van der Waals surface area contributed by atoms with Crippen LogP contribution in [0.5, 0.6) is 5.75 Å². The van der Waals surface area contributed by atoms with E-state index in [0.717, 1.165) is 30.7 Å². The number of likely N-dealkylation sites (tertiary alicyclic amines) is 1. The van der Waals surface area contributed by atoms with E-state index < -0.39 is 12.1 Å². The number of piperidine rings is 1. The molecule has 4 N–H and O–H groups in total. The Kier molecular flexibility index (Phi) is 10.2. The highest BCUT2D eigenvalue weighted by atomic mass is 32.2. The number of phenols is 1. The summed E-state index contributed by atoms with van der Waals surface area (Å²) in [4.78, 5) is 30.0. The normalized spacial score (nSPS) is 23.1. The predicted octanol–water partition coefficient (Wildman–Crippen LogP) is 4.75. The molecule has 1 saturated carbocycles. The number of thioether (sulfide) groups is 1. The summed E-state index contributed by atoms with van der Waals surface area (Å²) >= 11 is 1.57. The second-order valence-electron chi connectivity index (χ2n) is 12.5. The fourth-order valence-corrected chi connectivity index (χ4v) is 7.09. The van der Waals surface area contributed by atoms with Crippen LogP contribution in [0.1, 0.15) is 68.8 Å². The minimum Gasteiger partial charge on any atom is -0.508 e. The third-order valence-corrected chi connectivity index (χ3v) is 9.36. The summed E-state index contributed by atoms with van der Waals surface area (Å²) < 4.78 is 0. The van der Waals surface area contributed by atoms with Crippen LogP contribution in [0.25, 0.3) is 0 Å². The molecule has 1 aliphatic heterocycles. The van der Waals surface area contributed by atoms with Crippen molar-refractivity contribution in [2.24, 2.45) is 11.8 Å². The van der Waals surface area contributed by atoms with E-state index in [4.69, 9.17) is 0 Å². The van der Waals surface area contributed by atoms with Crippen molar-refractivity contribution in [1.82, 2.24) is 15.5 Å². The van der Waals surface area contributed by atoms with Crippen molar-refractivity contribution in [3.8, 4) is 5.75 Å². The molecule has 0 spiro atoms. The molecule has 2 aliphatic rings. The maximum absolute atomic E-state index is 13.5. The van der Waals surface area contributed by atoms with Crippen LogP contribution in [0.15, 0.2) is 53.4 Å². The largest absolute Gasteiger partial charge is 0.508 e. The molecular formula is C32H45N3O4S. The lowest BCUT2D eigenvalue weighted by molar-refractivity contribution is -0.132. The molecule has 7 nitrogen and oxygen atoms in total. The smallest absolute Gasteiger partial charge is 0.252 e. The molecule has 8 heteroatoms. The maximum atomic E-state index is 13.5. The Morgan fingerprint density at radius 3 is 2.45 bits per heavy atom. The maximum Gasteiger partial charge on any atom is 0.252 e. The van der Waals surface area contributed by atoms with Crippen LogP contribution < -0.4 is 10.6 Å². The Balaban J connectivity index is 1.54. The fraction of sp³-hybridized carbons (Fsp3) is 0.562. The number of phenolic OH excluding ortho intramolecular Hbond substituents is 1. The van der Waals surface area contributed by atoms with E-state index in [0.29, 0.717) is 35.3 Å². The molecule has 0 radical (unpaired) electrons. The molecule has 0 aromatic heterocycles. The Hall–Kier alpha value is -2.55. The molecule has 4 rings (SSSR count). The molecule has 2 unspecified atom stereocenters. The number of carbonyl (C=O) groups excluding carboxylic acids is 2. The SMILES string of the molecule is Cc1c(O)cccc1C(=O)NC(CSc1ccccc1)[C@H](O)CN1C[C@H]2CCCC[C@H]2CC1C(=O)NC(C)(C)C. The number of β-amino-alcohol motifs (C(OH)–C–C–N with tert-alkyl or cyclic N) is 1. The average Bonchev–Trinajstić information content (AvgIpc) is 2.91.